The van der Waals surface area contributed by atoms with Gasteiger partial charge in [0.05, 0.1) is 0 Å². The van der Waals surface area contributed by atoms with Crippen molar-refractivity contribution in [3.63, 3.8) is 0 Å². The van der Waals surface area contributed by atoms with Crippen LogP contribution in [0.15, 0.2) is 34.1 Å². The molecular formula is C17H25N3O4S2. The molecule has 3 aliphatic rings. The first-order chi connectivity index (χ1) is 12.3. The van der Waals surface area contributed by atoms with E-state index in [9.17, 15) is 16.8 Å². The molecule has 0 spiro atoms. The summed E-state index contributed by atoms with van der Waals surface area (Å²) in [5, 5.41) is 0. The molecule has 1 aliphatic carbocycles. The molecule has 7 nitrogen and oxygen atoms in total. The highest BCUT2D eigenvalue weighted by Crippen LogP contribution is 2.40. The van der Waals surface area contributed by atoms with Gasteiger partial charge >= 0.3 is 0 Å². The minimum atomic E-state index is -3.88. The minimum absolute atomic E-state index is 0.0313. The first kappa shape index (κ1) is 18.4. The van der Waals surface area contributed by atoms with E-state index in [2.05, 4.69) is 0 Å². The van der Waals surface area contributed by atoms with Gasteiger partial charge in [0.2, 0.25) is 20.0 Å². The van der Waals surface area contributed by atoms with Crippen molar-refractivity contribution in [2.45, 2.75) is 41.5 Å². The summed E-state index contributed by atoms with van der Waals surface area (Å²) in [7, 11) is -7.68. The normalized spacial score (nSPS) is 30.7. The molecule has 2 aliphatic heterocycles. The fraction of sp³-hybridized carbons (Fsp3) is 0.647. The summed E-state index contributed by atoms with van der Waals surface area (Å²) < 4.78 is 55.3. The molecule has 2 saturated heterocycles. The predicted octanol–water partition coefficient (Wildman–Crippen LogP) is 0.829. The van der Waals surface area contributed by atoms with Crippen LogP contribution in [0.3, 0.4) is 0 Å². The van der Waals surface area contributed by atoms with Crippen LogP contribution in [0.4, 0.5) is 0 Å². The maximum Gasteiger partial charge on any atom is 0.244 e. The monoisotopic (exact) mass is 399 g/mol. The second kappa shape index (κ2) is 6.56. The molecule has 0 amide bonds. The summed E-state index contributed by atoms with van der Waals surface area (Å²) in [6, 6.07) is 6.01. The smallest absolute Gasteiger partial charge is 0.244 e. The highest BCUT2D eigenvalue weighted by atomic mass is 32.2. The summed E-state index contributed by atoms with van der Waals surface area (Å²) in [4.78, 5) is -0.219. The molecule has 4 rings (SSSR count). The first-order valence-electron chi connectivity index (χ1n) is 9.17. The Balaban J connectivity index is 1.70. The van der Waals surface area contributed by atoms with Crippen molar-refractivity contribution in [2.75, 3.05) is 26.2 Å². The fourth-order valence-electron chi connectivity index (χ4n) is 4.55. The second-order valence-electron chi connectivity index (χ2n) is 7.55. The van der Waals surface area contributed by atoms with E-state index in [1.54, 1.807) is 12.1 Å². The highest BCUT2D eigenvalue weighted by Gasteiger charge is 2.46. The predicted molar refractivity (Wildman–Crippen MR) is 97.4 cm³/mol. The van der Waals surface area contributed by atoms with Crippen LogP contribution in [-0.2, 0) is 20.0 Å². The van der Waals surface area contributed by atoms with E-state index < -0.39 is 20.0 Å². The van der Waals surface area contributed by atoms with Crippen LogP contribution in [0, 0.1) is 11.8 Å². The Morgan fingerprint density at radius 2 is 1.42 bits per heavy atom. The van der Waals surface area contributed by atoms with Crippen molar-refractivity contribution in [1.29, 1.82) is 0 Å². The SMILES string of the molecule is NC1CCC2CN(S(=O)(=O)c3ccccc3S(=O)(=O)N3CCCC3)CC12. The number of benzene rings is 1. The van der Waals surface area contributed by atoms with Crippen LogP contribution in [0.2, 0.25) is 0 Å². The van der Waals surface area contributed by atoms with Gasteiger partial charge in [0.15, 0.2) is 0 Å². The van der Waals surface area contributed by atoms with Gasteiger partial charge in [-0.15, -0.1) is 0 Å². The van der Waals surface area contributed by atoms with Crippen molar-refractivity contribution in [3.05, 3.63) is 24.3 Å². The summed E-state index contributed by atoms with van der Waals surface area (Å²) in [5.74, 6) is 0.453. The third-order valence-corrected chi connectivity index (χ3v) is 10.0. The average molecular weight is 400 g/mol. The highest BCUT2D eigenvalue weighted by molar-refractivity contribution is 7.92. The summed E-state index contributed by atoms with van der Waals surface area (Å²) in [5.41, 5.74) is 6.12. The van der Waals surface area contributed by atoms with Crippen LogP contribution in [0.25, 0.3) is 0 Å². The van der Waals surface area contributed by atoms with Crippen molar-refractivity contribution < 1.29 is 16.8 Å². The lowest BCUT2D eigenvalue weighted by atomic mass is 9.98. The molecule has 144 valence electrons. The number of nitrogens with two attached hydrogens (primary N) is 1. The lowest BCUT2D eigenvalue weighted by molar-refractivity contribution is 0.425. The Morgan fingerprint density at radius 3 is 2.00 bits per heavy atom. The van der Waals surface area contributed by atoms with Gasteiger partial charge in [0, 0.05) is 32.2 Å². The molecule has 1 aromatic rings. The fourth-order valence-corrected chi connectivity index (χ4v) is 8.37. The molecule has 1 aromatic carbocycles. The molecule has 0 bridgehead atoms. The van der Waals surface area contributed by atoms with Crippen LogP contribution in [-0.4, -0.2) is 57.7 Å². The molecule has 26 heavy (non-hydrogen) atoms. The maximum absolute atomic E-state index is 13.3. The standard InChI is InChI=1S/C17H25N3O4S2/c18-15-8-7-13-11-20(12-14(13)15)26(23,24)17-6-2-1-5-16(17)25(21,22)19-9-3-4-10-19/h1-2,5-6,13-15H,3-4,7-12,18H2. The van der Waals surface area contributed by atoms with E-state index in [0.29, 0.717) is 26.2 Å². The number of rotatable bonds is 4. The number of nitrogens with zero attached hydrogens (tertiary/aromatic N) is 2. The van der Waals surface area contributed by atoms with E-state index in [-0.39, 0.29) is 27.7 Å². The van der Waals surface area contributed by atoms with Crippen molar-refractivity contribution in [3.8, 4) is 0 Å². The topological polar surface area (TPSA) is 101 Å². The molecule has 3 atom stereocenters. The zero-order chi connectivity index (χ0) is 18.5. The Labute approximate surface area is 155 Å². The zero-order valence-electron chi connectivity index (χ0n) is 14.6. The lowest BCUT2D eigenvalue weighted by Crippen LogP contribution is -2.35. The van der Waals surface area contributed by atoms with Gasteiger partial charge in [-0.3, -0.25) is 0 Å². The molecular weight excluding hydrogens is 374 g/mol. The van der Waals surface area contributed by atoms with Gasteiger partial charge in [-0.1, -0.05) is 12.1 Å². The van der Waals surface area contributed by atoms with Gasteiger partial charge < -0.3 is 5.73 Å². The van der Waals surface area contributed by atoms with Crippen molar-refractivity contribution >= 4 is 20.0 Å². The molecule has 3 unspecified atom stereocenters. The number of fused-ring (bicyclic) bond motifs is 1. The molecule has 9 heteroatoms. The second-order valence-corrected chi connectivity index (χ2v) is 11.4. The number of hydrogen-bond donors (Lipinski definition) is 1. The third-order valence-electron chi connectivity index (χ3n) is 6.03. The van der Waals surface area contributed by atoms with Crippen LogP contribution >= 0.6 is 0 Å². The quantitative estimate of drug-likeness (QED) is 0.808. The van der Waals surface area contributed by atoms with Crippen LogP contribution in [0.1, 0.15) is 25.7 Å². The van der Waals surface area contributed by atoms with E-state index in [1.807, 2.05) is 0 Å². The molecule has 2 heterocycles. The van der Waals surface area contributed by atoms with Crippen LogP contribution < -0.4 is 5.73 Å². The van der Waals surface area contributed by atoms with Gasteiger partial charge in [-0.2, -0.15) is 8.61 Å². The largest absolute Gasteiger partial charge is 0.327 e. The van der Waals surface area contributed by atoms with E-state index in [0.717, 1.165) is 25.7 Å². The van der Waals surface area contributed by atoms with Gasteiger partial charge in [-0.25, -0.2) is 16.8 Å². The summed E-state index contributed by atoms with van der Waals surface area (Å²) >= 11 is 0. The number of hydrogen-bond acceptors (Lipinski definition) is 5. The lowest BCUT2D eigenvalue weighted by Gasteiger charge is -2.22. The Kier molecular flexibility index (Phi) is 4.63. The molecule has 1 saturated carbocycles. The van der Waals surface area contributed by atoms with Gasteiger partial charge in [-0.05, 0) is 49.7 Å². The molecule has 2 N–H and O–H groups in total. The van der Waals surface area contributed by atoms with E-state index >= 15 is 0 Å². The third kappa shape index (κ3) is 2.90. The zero-order valence-corrected chi connectivity index (χ0v) is 16.3. The number of sulfonamides is 2. The summed E-state index contributed by atoms with van der Waals surface area (Å²) in [6.45, 7) is 1.70. The van der Waals surface area contributed by atoms with Crippen molar-refractivity contribution in [2.24, 2.45) is 17.6 Å². The Morgan fingerprint density at radius 1 is 0.846 bits per heavy atom. The maximum atomic E-state index is 13.3. The summed E-state index contributed by atoms with van der Waals surface area (Å²) in [6.07, 6.45) is 3.48. The van der Waals surface area contributed by atoms with Gasteiger partial charge in [0.1, 0.15) is 9.79 Å². The Hall–Kier alpha value is -1.00. The molecule has 3 fully saturated rings. The van der Waals surface area contributed by atoms with E-state index in [1.165, 1.54) is 20.7 Å². The van der Waals surface area contributed by atoms with Gasteiger partial charge in [0.25, 0.3) is 0 Å². The van der Waals surface area contributed by atoms with E-state index in [4.69, 9.17) is 5.73 Å². The Bertz CT molecular complexity index is 894. The average Bonchev–Trinajstić information content (AvgIpc) is 3.34. The minimum Gasteiger partial charge on any atom is -0.327 e. The van der Waals surface area contributed by atoms with Crippen LogP contribution in [0.5, 0.6) is 0 Å². The molecule has 0 aromatic heterocycles. The van der Waals surface area contributed by atoms with Crippen molar-refractivity contribution in [1.82, 2.24) is 8.61 Å². The first-order valence-corrected chi connectivity index (χ1v) is 12.0. The molecule has 0 radical (unpaired) electrons.